The predicted molar refractivity (Wildman–Crippen MR) is 53.2 cm³/mol. The molecule has 0 aromatic rings. The molecule has 11 heavy (non-hydrogen) atoms. The van der Waals surface area contributed by atoms with E-state index in [9.17, 15) is 0 Å². The van der Waals surface area contributed by atoms with Crippen LogP contribution in [-0.2, 0) is 8.85 Å². The molecule has 0 unspecified atom stereocenters. The van der Waals surface area contributed by atoms with Crippen LogP contribution in [0.4, 0.5) is 0 Å². The molecule has 0 atom stereocenters. The largest absolute Gasteiger partial charge is 0.395 e. The van der Waals surface area contributed by atoms with Crippen LogP contribution in [-0.4, -0.2) is 28.1 Å². The molecule has 0 aliphatic rings. The van der Waals surface area contributed by atoms with Crippen molar-refractivity contribution in [3.05, 3.63) is 12.3 Å². The maximum atomic E-state index is 5.32. The smallest absolute Gasteiger partial charge is 0.363 e. The van der Waals surface area contributed by atoms with E-state index in [0.29, 0.717) is 0 Å². The van der Waals surface area contributed by atoms with Gasteiger partial charge in [-0.25, -0.2) is 0 Å². The van der Waals surface area contributed by atoms with Crippen molar-refractivity contribution in [2.75, 3.05) is 19.5 Å². The number of hydrogen-bond donors (Lipinski definition) is 0. The van der Waals surface area contributed by atoms with E-state index in [0.717, 1.165) is 17.8 Å². The fourth-order valence-electron chi connectivity index (χ4n) is 0.869. The molecule has 0 spiro atoms. The van der Waals surface area contributed by atoms with E-state index in [1.165, 1.54) is 0 Å². The lowest BCUT2D eigenvalue weighted by atomic mass is 10.6. The van der Waals surface area contributed by atoms with Crippen molar-refractivity contribution >= 4 is 24.5 Å². The lowest BCUT2D eigenvalue weighted by molar-refractivity contribution is 0.255. The van der Waals surface area contributed by atoms with Gasteiger partial charge >= 0.3 is 8.56 Å². The Balaban J connectivity index is 3.94. The van der Waals surface area contributed by atoms with E-state index in [1.807, 2.05) is 5.70 Å². The number of halogens is 1. The molecule has 0 saturated heterocycles. The van der Waals surface area contributed by atoms with Gasteiger partial charge in [0, 0.05) is 19.5 Å². The van der Waals surface area contributed by atoms with Gasteiger partial charge in [0.25, 0.3) is 0 Å². The van der Waals surface area contributed by atoms with Crippen LogP contribution >= 0.6 is 15.9 Å². The summed E-state index contributed by atoms with van der Waals surface area (Å²) in [6.45, 7) is 3.72. The van der Waals surface area contributed by atoms with Crippen LogP contribution in [0.5, 0.6) is 0 Å². The number of alkyl halides is 1. The first-order valence-electron chi connectivity index (χ1n) is 3.54. The Labute approximate surface area is 78.0 Å². The van der Waals surface area contributed by atoms with Crippen molar-refractivity contribution in [1.82, 2.24) is 0 Å². The van der Waals surface area contributed by atoms with Crippen LogP contribution in [0.2, 0.25) is 6.04 Å². The van der Waals surface area contributed by atoms with Crippen molar-refractivity contribution in [2.24, 2.45) is 0 Å². The van der Waals surface area contributed by atoms with Gasteiger partial charge in [-0.15, -0.1) is 6.58 Å². The molecule has 0 rings (SSSR count). The Bertz CT molecular complexity index is 115. The highest BCUT2D eigenvalue weighted by molar-refractivity contribution is 9.09. The zero-order chi connectivity index (χ0) is 8.74. The molecule has 0 saturated carbocycles. The standard InChI is InChI=1S/C7H15BrO2Si/c1-4-11(9-2,10-3)7-5-6-8/h4H,1,5-7H2,2-3H3. The van der Waals surface area contributed by atoms with Crippen LogP contribution in [0.1, 0.15) is 6.42 Å². The van der Waals surface area contributed by atoms with Crippen LogP contribution < -0.4 is 0 Å². The van der Waals surface area contributed by atoms with Crippen LogP contribution in [0, 0.1) is 0 Å². The zero-order valence-corrected chi connectivity index (χ0v) is 9.69. The average molecular weight is 239 g/mol. The second-order valence-electron chi connectivity index (χ2n) is 2.22. The third-order valence-electron chi connectivity index (χ3n) is 1.66. The van der Waals surface area contributed by atoms with Gasteiger partial charge in [-0.3, -0.25) is 0 Å². The third kappa shape index (κ3) is 3.51. The highest BCUT2D eigenvalue weighted by atomic mass is 79.9. The zero-order valence-electron chi connectivity index (χ0n) is 7.10. The molecular weight excluding hydrogens is 224 g/mol. The minimum atomic E-state index is -2.00. The number of rotatable bonds is 6. The van der Waals surface area contributed by atoms with Gasteiger partial charge in [0.05, 0.1) is 0 Å². The van der Waals surface area contributed by atoms with Crippen LogP contribution in [0.3, 0.4) is 0 Å². The van der Waals surface area contributed by atoms with E-state index < -0.39 is 8.56 Å². The maximum absolute atomic E-state index is 5.32. The SMILES string of the molecule is C=C[Si](CCCBr)(OC)OC. The highest BCUT2D eigenvalue weighted by Gasteiger charge is 2.30. The van der Waals surface area contributed by atoms with Gasteiger partial charge in [0.1, 0.15) is 0 Å². The molecule has 0 heterocycles. The molecule has 0 radical (unpaired) electrons. The monoisotopic (exact) mass is 238 g/mol. The Morgan fingerprint density at radius 1 is 1.45 bits per heavy atom. The van der Waals surface area contributed by atoms with Crippen LogP contribution in [0.25, 0.3) is 0 Å². The molecule has 0 fully saturated rings. The summed E-state index contributed by atoms with van der Waals surface area (Å²) in [5, 5.41) is 0.988. The summed E-state index contributed by atoms with van der Waals surface area (Å²) in [6, 6.07) is 0.967. The minimum absolute atomic E-state index is 0.967. The Morgan fingerprint density at radius 2 is 2.00 bits per heavy atom. The molecule has 0 aliphatic heterocycles. The van der Waals surface area contributed by atoms with E-state index in [-0.39, 0.29) is 0 Å². The minimum Gasteiger partial charge on any atom is -0.395 e. The first-order chi connectivity index (χ1) is 5.24. The van der Waals surface area contributed by atoms with Gasteiger partial charge in [-0.1, -0.05) is 15.9 Å². The summed E-state index contributed by atoms with van der Waals surface area (Å²) in [7, 11) is 1.37. The highest BCUT2D eigenvalue weighted by Crippen LogP contribution is 2.15. The second-order valence-corrected chi connectivity index (χ2v) is 6.36. The summed E-state index contributed by atoms with van der Waals surface area (Å²) < 4.78 is 10.6. The van der Waals surface area contributed by atoms with Gasteiger partial charge in [0.2, 0.25) is 0 Å². The first kappa shape index (κ1) is 11.4. The van der Waals surface area contributed by atoms with E-state index in [1.54, 1.807) is 14.2 Å². The second kappa shape index (κ2) is 5.94. The Kier molecular flexibility index (Phi) is 6.13. The van der Waals surface area contributed by atoms with Crippen molar-refractivity contribution in [2.45, 2.75) is 12.5 Å². The van der Waals surface area contributed by atoms with Gasteiger partial charge in [0.15, 0.2) is 0 Å². The molecule has 0 aliphatic carbocycles. The molecular formula is C7H15BrO2Si. The first-order valence-corrected chi connectivity index (χ1v) is 6.76. The molecule has 2 nitrogen and oxygen atoms in total. The predicted octanol–water partition coefficient (Wildman–Crippen LogP) is 2.23. The Hall–Kier alpha value is 0.357. The normalized spacial score (nSPS) is 11.5. The van der Waals surface area contributed by atoms with Gasteiger partial charge < -0.3 is 8.85 Å². The van der Waals surface area contributed by atoms with Crippen LogP contribution in [0.15, 0.2) is 12.3 Å². The van der Waals surface area contributed by atoms with Gasteiger partial charge in [-0.2, -0.15) is 0 Å². The van der Waals surface area contributed by atoms with Crippen molar-refractivity contribution in [3.8, 4) is 0 Å². The molecule has 0 bridgehead atoms. The molecule has 0 amide bonds. The maximum Gasteiger partial charge on any atom is 0.363 e. The molecule has 4 heteroatoms. The van der Waals surface area contributed by atoms with E-state index in [4.69, 9.17) is 8.85 Å². The van der Waals surface area contributed by atoms with E-state index in [2.05, 4.69) is 22.5 Å². The topological polar surface area (TPSA) is 18.5 Å². The van der Waals surface area contributed by atoms with Crippen molar-refractivity contribution < 1.29 is 8.85 Å². The lowest BCUT2D eigenvalue weighted by Gasteiger charge is -2.22. The molecule has 0 aromatic heterocycles. The number of hydrogen-bond acceptors (Lipinski definition) is 2. The van der Waals surface area contributed by atoms with E-state index >= 15 is 0 Å². The molecule has 0 aromatic carbocycles. The summed E-state index contributed by atoms with van der Waals surface area (Å²) >= 11 is 3.37. The third-order valence-corrected chi connectivity index (χ3v) is 5.28. The fraction of sp³-hybridized carbons (Fsp3) is 0.714. The van der Waals surface area contributed by atoms with Crippen molar-refractivity contribution in [3.63, 3.8) is 0 Å². The quantitative estimate of drug-likeness (QED) is 0.522. The van der Waals surface area contributed by atoms with Gasteiger partial charge in [-0.05, 0) is 18.2 Å². The average Bonchev–Trinajstić information content (AvgIpc) is 2.08. The summed E-state index contributed by atoms with van der Waals surface area (Å²) in [4.78, 5) is 0. The fourth-order valence-corrected chi connectivity index (χ4v) is 3.45. The van der Waals surface area contributed by atoms with Crippen molar-refractivity contribution in [1.29, 1.82) is 0 Å². The summed E-state index contributed by atoms with van der Waals surface area (Å²) in [6.07, 6.45) is 1.07. The summed E-state index contributed by atoms with van der Waals surface area (Å²) in [5.74, 6) is 0. The molecule has 0 N–H and O–H groups in total. The Morgan fingerprint density at radius 3 is 2.27 bits per heavy atom. The molecule has 66 valence electrons. The summed E-state index contributed by atoms with van der Waals surface area (Å²) in [5.41, 5.74) is 1.83. The lowest BCUT2D eigenvalue weighted by Crippen LogP contribution is -2.37.